The van der Waals surface area contributed by atoms with E-state index < -0.39 is 0 Å². The molecule has 0 heterocycles. The van der Waals surface area contributed by atoms with E-state index in [0.29, 0.717) is 13.2 Å². The molecule has 0 aromatic heterocycles. The van der Waals surface area contributed by atoms with Gasteiger partial charge in [0.15, 0.2) is 0 Å². The molecule has 0 unspecified atom stereocenters. The average Bonchev–Trinajstić information content (AvgIpc) is 2.19. The molecule has 3 radical (unpaired) electrons. The summed E-state index contributed by atoms with van der Waals surface area (Å²) >= 11 is 0. The molecule has 0 saturated heterocycles. The van der Waals surface area contributed by atoms with E-state index in [1.807, 2.05) is 33.8 Å². The lowest BCUT2D eigenvalue weighted by Gasteiger charge is -2.17. The van der Waals surface area contributed by atoms with Gasteiger partial charge in [-0.3, -0.25) is 0 Å². The molecule has 0 aliphatic rings. The SMILES string of the molecule is CCOc1c(C)cc([Si])c(OCC)c1C. The molecule has 1 aromatic carbocycles. The van der Waals surface area contributed by atoms with Crippen molar-refractivity contribution in [3.8, 4) is 11.5 Å². The molecule has 1 aromatic rings. The number of benzene rings is 1. The van der Waals surface area contributed by atoms with Gasteiger partial charge in [-0.05, 0) is 38.4 Å². The predicted molar refractivity (Wildman–Crippen MR) is 63.6 cm³/mol. The third-order valence-corrected chi connectivity index (χ3v) is 2.59. The first kappa shape index (κ1) is 12.1. The molecule has 81 valence electrons. The van der Waals surface area contributed by atoms with Crippen LogP contribution < -0.4 is 14.7 Å². The van der Waals surface area contributed by atoms with E-state index in [1.54, 1.807) is 0 Å². The molecule has 0 bridgehead atoms. The van der Waals surface area contributed by atoms with Crippen molar-refractivity contribution in [2.45, 2.75) is 27.7 Å². The molecule has 1 rings (SSSR count). The lowest BCUT2D eigenvalue weighted by Crippen LogP contribution is -2.13. The molecule has 0 N–H and O–H groups in total. The molecule has 0 spiro atoms. The van der Waals surface area contributed by atoms with E-state index in [0.717, 1.165) is 27.8 Å². The third kappa shape index (κ3) is 2.53. The van der Waals surface area contributed by atoms with E-state index in [4.69, 9.17) is 9.47 Å². The Bertz CT molecular complexity index is 318. The van der Waals surface area contributed by atoms with E-state index >= 15 is 0 Å². The second-order valence-corrected chi connectivity index (χ2v) is 3.93. The molecule has 3 heteroatoms. The van der Waals surface area contributed by atoms with Crippen LogP contribution in [-0.2, 0) is 0 Å². The van der Waals surface area contributed by atoms with Gasteiger partial charge in [0.05, 0.1) is 23.5 Å². The van der Waals surface area contributed by atoms with Crippen molar-refractivity contribution >= 4 is 15.4 Å². The van der Waals surface area contributed by atoms with Crippen molar-refractivity contribution in [1.29, 1.82) is 0 Å². The normalized spacial score (nSPS) is 10.2. The van der Waals surface area contributed by atoms with Crippen LogP contribution in [0.4, 0.5) is 0 Å². The highest BCUT2D eigenvalue weighted by Gasteiger charge is 2.12. The second kappa shape index (κ2) is 5.21. The van der Waals surface area contributed by atoms with Gasteiger partial charge in [0.25, 0.3) is 0 Å². The van der Waals surface area contributed by atoms with Crippen LogP contribution in [0, 0.1) is 13.8 Å². The first-order valence-electron chi connectivity index (χ1n) is 5.23. The summed E-state index contributed by atoms with van der Waals surface area (Å²) in [5, 5.41) is 0.982. The number of hydrogen-bond acceptors (Lipinski definition) is 2. The Morgan fingerprint density at radius 3 is 2.13 bits per heavy atom. The standard InChI is InChI=1S/C12H17O2Si/c1-5-13-11-8(3)7-10(15)12(9(11)4)14-6-2/h7H,5-6H2,1-4H3. The van der Waals surface area contributed by atoms with Crippen molar-refractivity contribution < 1.29 is 9.47 Å². The molecule has 0 aliphatic heterocycles. The number of hydrogen-bond donors (Lipinski definition) is 0. The third-order valence-electron chi connectivity index (χ3n) is 2.22. The lowest BCUT2D eigenvalue weighted by atomic mass is 10.1. The quantitative estimate of drug-likeness (QED) is 0.723. The monoisotopic (exact) mass is 221 g/mol. The Balaban J connectivity index is 3.22. The van der Waals surface area contributed by atoms with Crippen LogP contribution in [-0.4, -0.2) is 23.5 Å². The van der Waals surface area contributed by atoms with Crippen LogP contribution in [0.1, 0.15) is 25.0 Å². The van der Waals surface area contributed by atoms with Gasteiger partial charge >= 0.3 is 0 Å². The Morgan fingerprint density at radius 1 is 1.07 bits per heavy atom. The largest absolute Gasteiger partial charge is 0.494 e. The molecule has 0 fully saturated rings. The van der Waals surface area contributed by atoms with E-state index in [-0.39, 0.29) is 0 Å². The van der Waals surface area contributed by atoms with Gasteiger partial charge in [-0.15, -0.1) is 0 Å². The summed E-state index contributed by atoms with van der Waals surface area (Å²) in [5.41, 5.74) is 2.19. The van der Waals surface area contributed by atoms with Crippen LogP contribution in [0.2, 0.25) is 0 Å². The van der Waals surface area contributed by atoms with Gasteiger partial charge in [-0.25, -0.2) is 0 Å². The minimum absolute atomic E-state index is 0.660. The van der Waals surface area contributed by atoms with Crippen molar-refractivity contribution in [3.63, 3.8) is 0 Å². The van der Waals surface area contributed by atoms with Gasteiger partial charge in [0.2, 0.25) is 0 Å². The number of aryl methyl sites for hydroxylation is 1. The Labute approximate surface area is 95.0 Å². The molecule has 0 aliphatic carbocycles. The fourth-order valence-electron chi connectivity index (χ4n) is 1.65. The maximum Gasteiger partial charge on any atom is 0.128 e. The maximum atomic E-state index is 5.61. The zero-order valence-electron chi connectivity index (χ0n) is 9.81. The molecule has 0 atom stereocenters. The minimum Gasteiger partial charge on any atom is -0.494 e. The van der Waals surface area contributed by atoms with Crippen LogP contribution in [0.25, 0.3) is 0 Å². The Hall–Kier alpha value is -0.963. The van der Waals surface area contributed by atoms with Crippen molar-refractivity contribution in [1.82, 2.24) is 0 Å². The molecule has 0 saturated carbocycles. The Morgan fingerprint density at radius 2 is 1.60 bits per heavy atom. The Kier molecular flexibility index (Phi) is 4.21. The average molecular weight is 221 g/mol. The van der Waals surface area contributed by atoms with Crippen molar-refractivity contribution in [3.05, 3.63) is 17.2 Å². The maximum absolute atomic E-state index is 5.61. The lowest BCUT2D eigenvalue weighted by molar-refractivity contribution is 0.319. The topological polar surface area (TPSA) is 18.5 Å². The van der Waals surface area contributed by atoms with Gasteiger partial charge in [0, 0.05) is 5.56 Å². The first-order valence-corrected chi connectivity index (χ1v) is 5.73. The first-order chi connectivity index (χ1) is 7.11. The smallest absolute Gasteiger partial charge is 0.128 e. The summed E-state index contributed by atoms with van der Waals surface area (Å²) in [6.45, 7) is 9.36. The van der Waals surface area contributed by atoms with Crippen LogP contribution >= 0.6 is 0 Å². The molecular weight excluding hydrogens is 204 g/mol. The highest BCUT2D eigenvalue weighted by molar-refractivity contribution is 6.34. The van der Waals surface area contributed by atoms with Gasteiger partial charge in [-0.2, -0.15) is 0 Å². The molecule has 15 heavy (non-hydrogen) atoms. The predicted octanol–water partition coefficient (Wildman–Crippen LogP) is 1.89. The summed E-state index contributed by atoms with van der Waals surface area (Å²) < 4.78 is 11.2. The minimum atomic E-state index is 0.660. The second-order valence-electron chi connectivity index (χ2n) is 3.39. The number of rotatable bonds is 4. The van der Waals surface area contributed by atoms with Crippen molar-refractivity contribution in [2.24, 2.45) is 0 Å². The summed E-state index contributed by atoms with van der Waals surface area (Å²) in [6.07, 6.45) is 0. The molecular formula is C12H17O2Si. The van der Waals surface area contributed by atoms with E-state index in [2.05, 4.69) is 10.2 Å². The highest BCUT2D eigenvalue weighted by atomic mass is 28.1. The van der Waals surface area contributed by atoms with Gasteiger partial charge in [0.1, 0.15) is 11.5 Å². The van der Waals surface area contributed by atoms with Crippen molar-refractivity contribution in [2.75, 3.05) is 13.2 Å². The van der Waals surface area contributed by atoms with E-state index in [9.17, 15) is 0 Å². The summed E-state index contributed by atoms with van der Waals surface area (Å²) in [5.74, 6) is 1.81. The fraction of sp³-hybridized carbons (Fsp3) is 0.500. The molecule has 0 amide bonds. The van der Waals surface area contributed by atoms with Crippen LogP contribution in [0.15, 0.2) is 6.07 Å². The summed E-state index contributed by atoms with van der Waals surface area (Å²) in [6, 6.07) is 2.03. The number of ether oxygens (including phenoxy) is 2. The van der Waals surface area contributed by atoms with E-state index in [1.165, 1.54) is 0 Å². The highest BCUT2D eigenvalue weighted by Crippen LogP contribution is 2.29. The molecule has 2 nitrogen and oxygen atoms in total. The van der Waals surface area contributed by atoms with Gasteiger partial charge < -0.3 is 9.47 Å². The summed E-state index contributed by atoms with van der Waals surface area (Å²) in [4.78, 5) is 0. The fourth-order valence-corrected chi connectivity index (χ4v) is 2.12. The summed E-state index contributed by atoms with van der Waals surface area (Å²) in [7, 11) is 3.56. The zero-order valence-corrected chi connectivity index (χ0v) is 10.8. The van der Waals surface area contributed by atoms with Crippen LogP contribution in [0.3, 0.4) is 0 Å². The zero-order chi connectivity index (χ0) is 11.4. The van der Waals surface area contributed by atoms with Gasteiger partial charge in [-0.1, -0.05) is 6.07 Å². The van der Waals surface area contributed by atoms with Crippen LogP contribution in [0.5, 0.6) is 11.5 Å².